The maximum absolute atomic E-state index is 11.6. The van der Waals surface area contributed by atoms with E-state index in [1.807, 2.05) is 11.4 Å². The van der Waals surface area contributed by atoms with Gasteiger partial charge in [0.2, 0.25) is 5.91 Å². The van der Waals surface area contributed by atoms with Crippen LogP contribution in [0, 0.1) is 17.8 Å². The Morgan fingerprint density at radius 1 is 1.56 bits per heavy atom. The lowest BCUT2D eigenvalue weighted by Gasteiger charge is -2.24. The number of rotatable bonds is 4. The van der Waals surface area contributed by atoms with E-state index in [2.05, 4.69) is 17.2 Å². The normalized spacial score (nSPS) is 14.5. The number of nitrogens with two attached hydrogens (primary N) is 1. The number of hydrogen-bond donors (Lipinski definition) is 2. The first-order chi connectivity index (χ1) is 8.78. The lowest BCUT2D eigenvalue weighted by atomic mass is 9.83. The van der Waals surface area contributed by atoms with Gasteiger partial charge in [0.15, 0.2) is 0 Å². The molecule has 3 nitrogen and oxygen atoms in total. The van der Waals surface area contributed by atoms with Crippen LogP contribution in [-0.2, 0) is 11.3 Å². The van der Waals surface area contributed by atoms with Crippen molar-refractivity contribution < 1.29 is 4.79 Å². The highest BCUT2D eigenvalue weighted by Crippen LogP contribution is 2.29. The summed E-state index contributed by atoms with van der Waals surface area (Å²) in [6, 6.07) is 2.01. The Morgan fingerprint density at radius 2 is 2.39 bits per heavy atom. The monoisotopic (exact) mass is 262 g/mol. The molecule has 0 atom stereocenters. The van der Waals surface area contributed by atoms with Crippen molar-refractivity contribution in [3.8, 4) is 11.8 Å². The highest BCUT2D eigenvalue weighted by Gasteiger charge is 2.20. The standard InChI is InChI=1S/C14H18N2OS/c15-6-2-5-12-7-13(18-10-12)9-16-14(17)8-11-3-1-4-11/h7,10-11H,1,3-4,6,8-9,15H2,(H,16,17). The van der Waals surface area contributed by atoms with E-state index in [1.165, 1.54) is 19.3 Å². The third kappa shape index (κ3) is 3.86. The summed E-state index contributed by atoms with van der Waals surface area (Å²) >= 11 is 1.62. The molecule has 0 spiro atoms. The Balaban J connectivity index is 1.75. The maximum Gasteiger partial charge on any atom is 0.220 e. The molecule has 1 aliphatic carbocycles. The van der Waals surface area contributed by atoms with Crippen molar-refractivity contribution in [3.05, 3.63) is 21.9 Å². The zero-order valence-electron chi connectivity index (χ0n) is 10.4. The van der Waals surface area contributed by atoms with Crippen molar-refractivity contribution in [1.29, 1.82) is 0 Å². The van der Waals surface area contributed by atoms with Crippen molar-refractivity contribution in [2.75, 3.05) is 6.54 Å². The third-order valence-electron chi connectivity index (χ3n) is 3.15. The molecule has 1 aromatic rings. The molecule has 3 N–H and O–H groups in total. The summed E-state index contributed by atoms with van der Waals surface area (Å²) in [4.78, 5) is 12.8. The van der Waals surface area contributed by atoms with E-state index in [0.717, 1.165) is 10.4 Å². The number of amides is 1. The predicted octanol–water partition coefficient (Wildman–Crippen LogP) is 1.86. The van der Waals surface area contributed by atoms with Gasteiger partial charge in [0.25, 0.3) is 0 Å². The molecule has 0 radical (unpaired) electrons. The predicted molar refractivity (Wildman–Crippen MR) is 74.1 cm³/mol. The average molecular weight is 262 g/mol. The number of nitrogens with one attached hydrogen (secondary N) is 1. The summed E-state index contributed by atoms with van der Waals surface area (Å²) in [5, 5.41) is 4.96. The summed E-state index contributed by atoms with van der Waals surface area (Å²) in [7, 11) is 0. The van der Waals surface area contributed by atoms with Crippen molar-refractivity contribution in [2.24, 2.45) is 11.7 Å². The fraction of sp³-hybridized carbons (Fsp3) is 0.500. The van der Waals surface area contributed by atoms with E-state index in [1.54, 1.807) is 11.3 Å². The Kier molecular flexibility index (Phi) is 4.80. The van der Waals surface area contributed by atoms with Gasteiger partial charge in [-0.1, -0.05) is 18.3 Å². The van der Waals surface area contributed by atoms with Gasteiger partial charge in [-0.2, -0.15) is 0 Å². The first-order valence-corrected chi connectivity index (χ1v) is 7.19. The van der Waals surface area contributed by atoms with Crippen molar-refractivity contribution in [1.82, 2.24) is 5.32 Å². The molecule has 0 unspecified atom stereocenters. The molecule has 0 saturated heterocycles. The van der Waals surface area contributed by atoms with Gasteiger partial charge in [-0.15, -0.1) is 11.3 Å². The Morgan fingerprint density at radius 3 is 3.06 bits per heavy atom. The molecular weight excluding hydrogens is 244 g/mol. The van der Waals surface area contributed by atoms with E-state index in [9.17, 15) is 4.79 Å². The summed E-state index contributed by atoms with van der Waals surface area (Å²) in [5.74, 6) is 6.60. The minimum Gasteiger partial charge on any atom is -0.351 e. The summed E-state index contributed by atoms with van der Waals surface area (Å²) in [6.07, 6.45) is 4.40. The van der Waals surface area contributed by atoms with Crippen LogP contribution < -0.4 is 11.1 Å². The van der Waals surface area contributed by atoms with Crippen LogP contribution >= 0.6 is 11.3 Å². The van der Waals surface area contributed by atoms with E-state index >= 15 is 0 Å². The second-order valence-corrected chi connectivity index (χ2v) is 5.58. The van der Waals surface area contributed by atoms with Gasteiger partial charge in [0.1, 0.15) is 0 Å². The second kappa shape index (κ2) is 6.58. The number of carbonyl (C=O) groups is 1. The van der Waals surface area contributed by atoms with E-state index < -0.39 is 0 Å². The fourth-order valence-electron chi connectivity index (χ4n) is 1.91. The van der Waals surface area contributed by atoms with Crippen LogP contribution in [0.2, 0.25) is 0 Å². The van der Waals surface area contributed by atoms with Gasteiger partial charge in [-0.05, 0) is 24.8 Å². The zero-order chi connectivity index (χ0) is 12.8. The topological polar surface area (TPSA) is 55.1 Å². The molecule has 1 heterocycles. The second-order valence-electron chi connectivity index (χ2n) is 4.59. The van der Waals surface area contributed by atoms with Gasteiger partial charge in [-0.3, -0.25) is 4.79 Å². The minimum absolute atomic E-state index is 0.169. The van der Waals surface area contributed by atoms with Gasteiger partial charge >= 0.3 is 0 Å². The summed E-state index contributed by atoms with van der Waals surface area (Å²) in [5.41, 5.74) is 6.30. The molecule has 2 rings (SSSR count). The highest BCUT2D eigenvalue weighted by molar-refractivity contribution is 7.10. The van der Waals surface area contributed by atoms with Crippen LogP contribution in [0.3, 0.4) is 0 Å². The van der Waals surface area contributed by atoms with Gasteiger partial charge in [-0.25, -0.2) is 0 Å². The third-order valence-corrected chi connectivity index (χ3v) is 4.08. The summed E-state index contributed by atoms with van der Waals surface area (Å²) in [6.45, 7) is 0.990. The minimum atomic E-state index is 0.169. The fourth-order valence-corrected chi connectivity index (χ4v) is 2.66. The van der Waals surface area contributed by atoms with E-state index in [0.29, 0.717) is 25.4 Å². The van der Waals surface area contributed by atoms with Crippen molar-refractivity contribution >= 4 is 17.2 Å². The molecular formula is C14H18N2OS. The molecule has 0 aromatic carbocycles. The van der Waals surface area contributed by atoms with Crippen LogP contribution in [0.1, 0.15) is 36.1 Å². The lowest BCUT2D eigenvalue weighted by molar-refractivity contribution is -0.122. The Labute approximate surface area is 112 Å². The number of hydrogen-bond acceptors (Lipinski definition) is 3. The van der Waals surface area contributed by atoms with Crippen LogP contribution in [0.25, 0.3) is 0 Å². The molecule has 4 heteroatoms. The Hall–Kier alpha value is -1.31. The van der Waals surface area contributed by atoms with Crippen molar-refractivity contribution in [3.63, 3.8) is 0 Å². The molecule has 0 bridgehead atoms. The molecule has 1 fully saturated rings. The van der Waals surface area contributed by atoms with Crippen LogP contribution in [-0.4, -0.2) is 12.5 Å². The lowest BCUT2D eigenvalue weighted by Crippen LogP contribution is -2.27. The van der Waals surface area contributed by atoms with Gasteiger partial charge in [0.05, 0.1) is 13.1 Å². The quantitative estimate of drug-likeness (QED) is 0.814. The molecule has 1 saturated carbocycles. The van der Waals surface area contributed by atoms with Gasteiger partial charge in [0, 0.05) is 22.2 Å². The number of thiophene rings is 1. The molecule has 1 aliphatic rings. The SMILES string of the molecule is NCC#Cc1csc(CNC(=O)CC2CCC2)c1. The average Bonchev–Trinajstić information content (AvgIpc) is 2.76. The summed E-state index contributed by atoms with van der Waals surface area (Å²) < 4.78 is 0. The molecule has 96 valence electrons. The molecule has 0 aliphatic heterocycles. The van der Waals surface area contributed by atoms with Crippen LogP contribution in [0.4, 0.5) is 0 Å². The van der Waals surface area contributed by atoms with Crippen LogP contribution in [0.5, 0.6) is 0 Å². The molecule has 1 amide bonds. The Bertz CT molecular complexity index is 466. The first-order valence-electron chi connectivity index (χ1n) is 6.31. The van der Waals surface area contributed by atoms with E-state index in [-0.39, 0.29) is 5.91 Å². The van der Waals surface area contributed by atoms with Crippen molar-refractivity contribution in [2.45, 2.75) is 32.2 Å². The number of carbonyl (C=O) groups excluding carboxylic acids is 1. The smallest absolute Gasteiger partial charge is 0.220 e. The molecule has 1 aromatic heterocycles. The van der Waals surface area contributed by atoms with E-state index in [4.69, 9.17) is 5.73 Å². The highest BCUT2D eigenvalue weighted by atomic mass is 32.1. The van der Waals surface area contributed by atoms with Gasteiger partial charge < -0.3 is 11.1 Å². The maximum atomic E-state index is 11.6. The van der Waals surface area contributed by atoms with Crippen LogP contribution in [0.15, 0.2) is 11.4 Å². The zero-order valence-corrected chi connectivity index (χ0v) is 11.2. The largest absolute Gasteiger partial charge is 0.351 e. The molecule has 18 heavy (non-hydrogen) atoms. The first kappa shape index (κ1) is 13.1.